The molecule has 0 spiro atoms. The summed E-state index contributed by atoms with van der Waals surface area (Å²) in [5, 5.41) is 35.6. The second-order valence-electron chi connectivity index (χ2n) is 1.97. The maximum absolute atomic E-state index is 8.89. The SMILES string of the molecule is CC(=O)[O-].CC(=O)[O-].CC(=O)[O-].CC(=O)[O-].[Ba+2].[Cu+2]. The van der Waals surface area contributed by atoms with E-state index in [1.54, 1.807) is 0 Å². The van der Waals surface area contributed by atoms with Crippen molar-refractivity contribution in [2.45, 2.75) is 27.7 Å². The molecule has 0 aliphatic rings. The Morgan fingerprint density at radius 1 is 0.556 bits per heavy atom. The van der Waals surface area contributed by atoms with E-state index in [1.807, 2.05) is 0 Å². The largest absolute Gasteiger partial charge is 2.00 e. The van der Waals surface area contributed by atoms with Crippen LogP contribution in [0.3, 0.4) is 0 Å². The van der Waals surface area contributed by atoms with Crippen molar-refractivity contribution in [1.82, 2.24) is 0 Å². The van der Waals surface area contributed by atoms with Crippen molar-refractivity contribution in [2.24, 2.45) is 0 Å². The van der Waals surface area contributed by atoms with Crippen LogP contribution in [0.15, 0.2) is 0 Å². The number of aliphatic carboxylic acids is 4. The second-order valence-corrected chi connectivity index (χ2v) is 1.97. The zero-order valence-corrected chi connectivity index (χ0v) is 15.7. The average molecular weight is 437 g/mol. The van der Waals surface area contributed by atoms with Crippen LogP contribution in [-0.2, 0) is 36.2 Å². The Labute approximate surface area is 155 Å². The van der Waals surface area contributed by atoms with Crippen LogP contribution in [0.5, 0.6) is 0 Å². The molecule has 1 radical (unpaired) electrons. The molecule has 105 valence electrons. The number of carbonyl (C=O) groups is 4. The monoisotopic (exact) mass is 437 g/mol. The van der Waals surface area contributed by atoms with Gasteiger partial charge in [-0.15, -0.1) is 0 Å². The number of hydrogen-bond acceptors (Lipinski definition) is 8. The van der Waals surface area contributed by atoms with E-state index in [4.69, 9.17) is 39.6 Å². The van der Waals surface area contributed by atoms with E-state index in [2.05, 4.69) is 0 Å². The van der Waals surface area contributed by atoms with Gasteiger partial charge in [0.25, 0.3) is 0 Å². The fourth-order valence-electron chi connectivity index (χ4n) is 0. The van der Waals surface area contributed by atoms with Gasteiger partial charge in [0.15, 0.2) is 0 Å². The molecule has 18 heavy (non-hydrogen) atoms. The molecule has 0 aliphatic heterocycles. The summed E-state index contributed by atoms with van der Waals surface area (Å²) in [5.41, 5.74) is 0. The Kier molecular flexibility index (Phi) is 60.6. The minimum Gasteiger partial charge on any atom is -0.550 e. The summed E-state index contributed by atoms with van der Waals surface area (Å²) in [6, 6.07) is 0. The maximum atomic E-state index is 8.89. The minimum atomic E-state index is -1.08. The Morgan fingerprint density at radius 3 is 0.556 bits per heavy atom. The van der Waals surface area contributed by atoms with E-state index < -0.39 is 23.9 Å². The molecule has 0 saturated heterocycles. The smallest absolute Gasteiger partial charge is 0.550 e. The third-order valence-corrected chi connectivity index (χ3v) is 0. The Bertz CT molecular complexity index is 167. The summed E-state index contributed by atoms with van der Waals surface area (Å²) >= 11 is 0. The van der Waals surface area contributed by atoms with Crippen molar-refractivity contribution >= 4 is 72.8 Å². The molecule has 0 aromatic rings. The van der Waals surface area contributed by atoms with Gasteiger partial charge in [-0.1, -0.05) is 0 Å². The molecule has 0 bridgehead atoms. The van der Waals surface area contributed by atoms with Gasteiger partial charge < -0.3 is 39.6 Å². The molecular formula is C8H12BaCuO8. The molecule has 0 aromatic heterocycles. The van der Waals surface area contributed by atoms with Crippen LogP contribution < -0.4 is 20.4 Å². The van der Waals surface area contributed by atoms with E-state index in [0.29, 0.717) is 0 Å². The van der Waals surface area contributed by atoms with Gasteiger partial charge in [-0.2, -0.15) is 0 Å². The number of carboxylic acid groups (broad SMARTS) is 4. The van der Waals surface area contributed by atoms with Gasteiger partial charge in [0.05, 0.1) is 0 Å². The fraction of sp³-hybridized carbons (Fsp3) is 0.500. The summed E-state index contributed by atoms with van der Waals surface area (Å²) in [6.45, 7) is 3.89. The first-order valence-electron chi connectivity index (χ1n) is 3.63. The zero-order chi connectivity index (χ0) is 14.3. The third-order valence-electron chi connectivity index (χ3n) is 0. The van der Waals surface area contributed by atoms with Gasteiger partial charge in [-0.3, -0.25) is 0 Å². The van der Waals surface area contributed by atoms with Crippen molar-refractivity contribution in [1.29, 1.82) is 0 Å². The average Bonchev–Trinajstić information content (AvgIpc) is 1.76. The number of rotatable bonds is 0. The predicted molar refractivity (Wildman–Crippen MR) is 48.5 cm³/mol. The summed E-state index contributed by atoms with van der Waals surface area (Å²) in [5.74, 6) is -4.33. The molecule has 10 heteroatoms. The Morgan fingerprint density at radius 2 is 0.556 bits per heavy atom. The molecular weight excluding hydrogens is 425 g/mol. The van der Waals surface area contributed by atoms with Crippen molar-refractivity contribution in [2.75, 3.05) is 0 Å². The topological polar surface area (TPSA) is 161 Å². The molecule has 8 nitrogen and oxygen atoms in total. The van der Waals surface area contributed by atoms with Crippen LogP contribution in [0.1, 0.15) is 27.7 Å². The van der Waals surface area contributed by atoms with E-state index in [-0.39, 0.29) is 65.9 Å². The fourth-order valence-corrected chi connectivity index (χ4v) is 0. The number of hydrogen-bond donors (Lipinski definition) is 0. The standard InChI is InChI=1S/4C2H4O2.Ba.Cu/c4*1-2(3)4;;/h4*1H3,(H,3,4);;/q;;;;2*+2/p-4. The van der Waals surface area contributed by atoms with Gasteiger partial charge in [0.1, 0.15) is 0 Å². The molecule has 0 rings (SSSR count). The minimum absolute atomic E-state index is 0. The third kappa shape index (κ3) is 4230000. The Hall–Kier alpha value is -0.0291. The molecule has 0 unspecified atom stereocenters. The molecule has 0 heterocycles. The van der Waals surface area contributed by atoms with Gasteiger partial charge in [0.2, 0.25) is 0 Å². The van der Waals surface area contributed by atoms with Gasteiger partial charge in [-0.05, 0) is 27.7 Å². The van der Waals surface area contributed by atoms with Crippen LogP contribution in [-0.4, -0.2) is 72.8 Å². The second kappa shape index (κ2) is 30.2. The summed E-state index contributed by atoms with van der Waals surface area (Å²) in [4.78, 5) is 35.6. The first-order valence-corrected chi connectivity index (χ1v) is 3.63. The van der Waals surface area contributed by atoms with E-state index in [1.165, 1.54) is 0 Å². The summed E-state index contributed by atoms with van der Waals surface area (Å²) < 4.78 is 0. The van der Waals surface area contributed by atoms with Crippen molar-refractivity contribution in [3.63, 3.8) is 0 Å². The van der Waals surface area contributed by atoms with E-state index in [9.17, 15) is 0 Å². The Balaban J connectivity index is -0.0000000257. The van der Waals surface area contributed by atoms with Crippen molar-refractivity contribution < 1.29 is 56.7 Å². The van der Waals surface area contributed by atoms with Gasteiger partial charge in [0, 0.05) is 23.9 Å². The van der Waals surface area contributed by atoms with Crippen molar-refractivity contribution in [3.8, 4) is 0 Å². The normalized spacial score (nSPS) is 5.56. The van der Waals surface area contributed by atoms with E-state index in [0.717, 1.165) is 27.7 Å². The van der Waals surface area contributed by atoms with Crippen LogP contribution in [0, 0.1) is 0 Å². The van der Waals surface area contributed by atoms with Crippen LogP contribution in [0.25, 0.3) is 0 Å². The molecule has 0 aliphatic carbocycles. The van der Waals surface area contributed by atoms with Crippen LogP contribution in [0.4, 0.5) is 0 Å². The van der Waals surface area contributed by atoms with Crippen LogP contribution in [0.2, 0.25) is 0 Å². The first-order chi connectivity index (χ1) is 6.93. The molecule has 0 aromatic carbocycles. The first kappa shape index (κ1) is 36.1. The number of carbonyl (C=O) groups excluding carboxylic acids is 4. The van der Waals surface area contributed by atoms with Gasteiger partial charge in [-0.25, -0.2) is 0 Å². The molecule has 0 N–H and O–H groups in total. The van der Waals surface area contributed by atoms with Gasteiger partial charge >= 0.3 is 65.9 Å². The van der Waals surface area contributed by atoms with E-state index >= 15 is 0 Å². The van der Waals surface area contributed by atoms with Crippen molar-refractivity contribution in [3.05, 3.63) is 0 Å². The zero-order valence-electron chi connectivity index (χ0n) is 10.3. The molecule has 0 atom stereocenters. The molecule has 0 fully saturated rings. The summed E-state index contributed by atoms with van der Waals surface area (Å²) in [7, 11) is 0. The molecule has 0 amide bonds. The van der Waals surface area contributed by atoms with Crippen LogP contribution >= 0.6 is 0 Å². The quantitative estimate of drug-likeness (QED) is 0.340. The predicted octanol–water partition coefficient (Wildman–Crippen LogP) is -5.36. The summed E-state index contributed by atoms with van der Waals surface area (Å²) in [6.07, 6.45) is 0. The maximum Gasteiger partial charge on any atom is 2.00 e. The molecule has 0 saturated carbocycles. The number of carboxylic acids is 4.